The van der Waals surface area contributed by atoms with Crippen molar-refractivity contribution in [3.8, 4) is 0 Å². The van der Waals surface area contributed by atoms with Crippen LogP contribution in [-0.2, 0) is 4.74 Å². The molecule has 1 fully saturated rings. The fourth-order valence-electron chi connectivity index (χ4n) is 1.37. The highest BCUT2D eigenvalue weighted by Crippen LogP contribution is 2.30. The molecular weight excluding hydrogens is 251 g/mol. The molecule has 0 radical (unpaired) electrons. The summed E-state index contributed by atoms with van der Waals surface area (Å²) in [4.78, 5) is 12.7. The lowest BCUT2D eigenvalue weighted by molar-refractivity contribution is -0.207. The minimum Gasteiger partial charge on any atom is -0.444 e. The van der Waals surface area contributed by atoms with Gasteiger partial charge in [0.25, 0.3) is 0 Å². The van der Waals surface area contributed by atoms with E-state index in [-0.39, 0.29) is 6.04 Å². The quantitative estimate of drug-likeness (QED) is 0.855. The number of nitrogens with zero attached hydrogens (tertiary/aromatic N) is 1. The van der Waals surface area contributed by atoms with E-state index in [1.807, 2.05) is 0 Å². The number of halogens is 3. The van der Waals surface area contributed by atoms with E-state index in [9.17, 15) is 18.0 Å². The molecule has 1 saturated carbocycles. The van der Waals surface area contributed by atoms with Gasteiger partial charge >= 0.3 is 12.3 Å². The van der Waals surface area contributed by atoms with Gasteiger partial charge in [0.1, 0.15) is 5.60 Å². The molecule has 1 N–H and O–H groups in total. The number of amides is 1. The van der Waals surface area contributed by atoms with Gasteiger partial charge in [-0.05, 0) is 33.6 Å². The number of carbonyl (C=O) groups is 1. The van der Waals surface area contributed by atoms with Gasteiger partial charge in [0.15, 0.2) is 6.10 Å². The molecule has 7 heteroatoms. The molecule has 1 unspecified atom stereocenters. The first-order chi connectivity index (χ1) is 8.00. The Morgan fingerprint density at radius 1 is 1.39 bits per heavy atom. The maximum atomic E-state index is 12.3. The predicted octanol–water partition coefficient (Wildman–Crippen LogP) is 2.31. The van der Waals surface area contributed by atoms with Crippen LogP contribution in [0.2, 0.25) is 0 Å². The van der Waals surface area contributed by atoms with Crippen LogP contribution in [0.5, 0.6) is 0 Å². The molecule has 1 rings (SSSR count). The van der Waals surface area contributed by atoms with E-state index in [0.29, 0.717) is 12.8 Å². The van der Waals surface area contributed by atoms with Crippen molar-refractivity contribution < 1.29 is 27.8 Å². The Morgan fingerprint density at radius 3 is 2.22 bits per heavy atom. The maximum absolute atomic E-state index is 12.3. The number of aliphatic hydroxyl groups is 1. The zero-order valence-electron chi connectivity index (χ0n) is 10.6. The second kappa shape index (κ2) is 4.95. The third-order valence-electron chi connectivity index (χ3n) is 2.36. The van der Waals surface area contributed by atoms with Crippen molar-refractivity contribution >= 4 is 6.09 Å². The second-order valence-electron chi connectivity index (χ2n) is 5.42. The Hall–Kier alpha value is -0.980. The van der Waals surface area contributed by atoms with E-state index >= 15 is 0 Å². The number of carbonyl (C=O) groups excluding carboxylic acids is 1. The van der Waals surface area contributed by atoms with Gasteiger partial charge in [-0.15, -0.1) is 0 Å². The average molecular weight is 269 g/mol. The van der Waals surface area contributed by atoms with Gasteiger partial charge in [-0.2, -0.15) is 13.2 Å². The van der Waals surface area contributed by atoms with E-state index < -0.39 is 30.5 Å². The molecule has 1 aliphatic carbocycles. The van der Waals surface area contributed by atoms with Crippen LogP contribution in [0, 0.1) is 0 Å². The Balaban J connectivity index is 2.63. The highest BCUT2D eigenvalue weighted by Gasteiger charge is 2.44. The van der Waals surface area contributed by atoms with Crippen LogP contribution in [0.25, 0.3) is 0 Å². The van der Waals surface area contributed by atoms with Gasteiger partial charge in [-0.25, -0.2) is 4.79 Å². The molecule has 0 aromatic heterocycles. The first-order valence-electron chi connectivity index (χ1n) is 5.75. The van der Waals surface area contributed by atoms with E-state index in [4.69, 9.17) is 9.84 Å². The lowest BCUT2D eigenvalue weighted by Crippen LogP contribution is -2.46. The molecule has 0 heterocycles. The predicted molar refractivity (Wildman–Crippen MR) is 58.0 cm³/mol. The Labute approximate surface area is 104 Å². The summed E-state index contributed by atoms with van der Waals surface area (Å²) in [5, 5.41) is 9.01. The van der Waals surface area contributed by atoms with Crippen LogP contribution >= 0.6 is 0 Å². The summed E-state index contributed by atoms with van der Waals surface area (Å²) in [7, 11) is 0. The topological polar surface area (TPSA) is 49.8 Å². The molecule has 106 valence electrons. The third kappa shape index (κ3) is 4.72. The van der Waals surface area contributed by atoms with E-state index in [1.165, 1.54) is 0 Å². The molecule has 4 nitrogen and oxygen atoms in total. The van der Waals surface area contributed by atoms with Crippen molar-refractivity contribution in [1.29, 1.82) is 0 Å². The molecule has 0 aliphatic heterocycles. The van der Waals surface area contributed by atoms with Crippen molar-refractivity contribution in [2.75, 3.05) is 6.54 Å². The van der Waals surface area contributed by atoms with Crippen LogP contribution in [0.1, 0.15) is 33.6 Å². The van der Waals surface area contributed by atoms with Crippen molar-refractivity contribution in [3.63, 3.8) is 0 Å². The lowest BCUT2D eigenvalue weighted by Gasteiger charge is -2.29. The van der Waals surface area contributed by atoms with Crippen LogP contribution in [0.4, 0.5) is 18.0 Å². The monoisotopic (exact) mass is 269 g/mol. The molecule has 1 amide bonds. The van der Waals surface area contributed by atoms with Gasteiger partial charge in [0.2, 0.25) is 0 Å². The van der Waals surface area contributed by atoms with Gasteiger partial charge in [0, 0.05) is 6.04 Å². The number of hydrogen-bond acceptors (Lipinski definition) is 3. The van der Waals surface area contributed by atoms with Crippen LogP contribution < -0.4 is 0 Å². The molecule has 0 aromatic carbocycles. The average Bonchev–Trinajstić information content (AvgIpc) is 2.91. The van der Waals surface area contributed by atoms with Crippen LogP contribution in [0.3, 0.4) is 0 Å². The zero-order valence-corrected chi connectivity index (χ0v) is 10.6. The smallest absolute Gasteiger partial charge is 0.416 e. The van der Waals surface area contributed by atoms with Gasteiger partial charge in [0.05, 0.1) is 6.54 Å². The number of hydrogen-bond donors (Lipinski definition) is 1. The third-order valence-corrected chi connectivity index (χ3v) is 2.36. The van der Waals surface area contributed by atoms with E-state index in [1.54, 1.807) is 20.8 Å². The lowest BCUT2D eigenvalue weighted by atomic mass is 10.2. The number of rotatable bonds is 3. The minimum absolute atomic E-state index is 0.253. The Morgan fingerprint density at radius 2 is 1.89 bits per heavy atom. The maximum Gasteiger partial charge on any atom is 0.416 e. The molecule has 0 bridgehead atoms. The summed E-state index contributed by atoms with van der Waals surface area (Å²) >= 11 is 0. The van der Waals surface area contributed by atoms with Gasteiger partial charge < -0.3 is 14.7 Å². The first-order valence-corrected chi connectivity index (χ1v) is 5.75. The second-order valence-corrected chi connectivity index (χ2v) is 5.42. The summed E-state index contributed by atoms with van der Waals surface area (Å²) in [5.41, 5.74) is -0.770. The van der Waals surface area contributed by atoms with Crippen molar-refractivity contribution in [2.45, 2.75) is 57.5 Å². The molecule has 18 heavy (non-hydrogen) atoms. The van der Waals surface area contributed by atoms with Crippen molar-refractivity contribution in [2.24, 2.45) is 0 Å². The molecule has 0 saturated heterocycles. The van der Waals surface area contributed by atoms with E-state index in [0.717, 1.165) is 4.90 Å². The summed E-state index contributed by atoms with van der Waals surface area (Å²) in [6.45, 7) is 4.13. The largest absolute Gasteiger partial charge is 0.444 e. The molecule has 1 atom stereocenters. The SMILES string of the molecule is CC(C)(C)OC(=O)N(CC(O)C(F)(F)F)C1CC1. The van der Waals surface area contributed by atoms with Gasteiger partial charge in [-0.3, -0.25) is 0 Å². The van der Waals surface area contributed by atoms with Crippen LogP contribution in [0.15, 0.2) is 0 Å². The van der Waals surface area contributed by atoms with Crippen molar-refractivity contribution in [3.05, 3.63) is 0 Å². The molecule has 0 spiro atoms. The normalized spacial score (nSPS) is 18.4. The fraction of sp³-hybridized carbons (Fsp3) is 0.909. The fourth-order valence-corrected chi connectivity index (χ4v) is 1.37. The Kier molecular flexibility index (Phi) is 4.15. The standard InChI is InChI=1S/C11H18F3NO3/c1-10(2,3)18-9(17)15(7-4-5-7)6-8(16)11(12,13)14/h7-8,16H,4-6H2,1-3H3. The van der Waals surface area contributed by atoms with E-state index in [2.05, 4.69) is 0 Å². The van der Waals surface area contributed by atoms with Crippen LogP contribution in [-0.4, -0.2) is 46.6 Å². The highest BCUT2D eigenvalue weighted by atomic mass is 19.4. The highest BCUT2D eigenvalue weighted by molar-refractivity contribution is 5.69. The number of alkyl halides is 3. The summed E-state index contributed by atoms with van der Waals surface area (Å²) in [6.07, 6.45) is -6.79. The molecule has 1 aliphatic rings. The summed E-state index contributed by atoms with van der Waals surface area (Å²) in [6, 6.07) is -0.253. The van der Waals surface area contributed by atoms with Crippen molar-refractivity contribution in [1.82, 2.24) is 4.90 Å². The molecule has 0 aromatic rings. The minimum atomic E-state index is -4.73. The first kappa shape index (κ1) is 15.1. The number of aliphatic hydroxyl groups excluding tert-OH is 1. The Bertz CT molecular complexity index is 308. The van der Waals surface area contributed by atoms with Gasteiger partial charge in [-0.1, -0.05) is 0 Å². The summed E-state index contributed by atoms with van der Waals surface area (Å²) in [5.74, 6) is 0. The summed E-state index contributed by atoms with van der Waals surface area (Å²) < 4.78 is 41.8. The molecular formula is C11H18F3NO3. The number of ether oxygens (including phenoxy) is 1. The zero-order chi connectivity index (χ0) is 14.1.